The van der Waals surface area contributed by atoms with Crippen LogP contribution < -0.4 is 4.74 Å². The maximum Gasteiger partial charge on any atom is 0.308 e. The predicted octanol–water partition coefficient (Wildman–Crippen LogP) is 2.04. The monoisotopic (exact) mass is 297 g/mol. The molecule has 0 aromatic heterocycles. The first kappa shape index (κ1) is 14.7. The molecule has 1 aliphatic rings. The van der Waals surface area contributed by atoms with Gasteiger partial charge in [-0.3, -0.25) is 9.59 Å². The third-order valence-electron chi connectivity index (χ3n) is 3.31. The van der Waals surface area contributed by atoms with E-state index in [0.717, 1.165) is 0 Å². The van der Waals surface area contributed by atoms with Crippen LogP contribution in [0.15, 0.2) is 24.3 Å². The first-order valence-electron chi connectivity index (χ1n) is 6.41. The number of benzene rings is 1. The van der Waals surface area contributed by atoms with Gasteiger partial charge in [0.15, 0.2) is 6.10 Å². The van der Waals surface area contributed by atoms with E-state index >= 15 is 0 Å². The van der Waals surface area contributed by atoms with Crippen LogP contribution in [0.3, 0.4) is 0 Å². The molecule has 1 aromatic rings. The van der Waals surface area contributed by atoms with Gasteiger partial charge in [0.1, 0.15) is 5.75 Å². The Kier molecular flexibility index (Phi) is 4.49. The molecule has 1 amide bonds. The van der Waals surface area contributed by atoms with Crippen molar-refractivity contribution in [2.24, 2.45) is 5.92 Å². The summed E-state index contributed by atoms with van der Waals surface area (Å²) >= 11 is 5.85. The molecular weight excluding hydrogens is 282 g/mol. The Labute approximate surface area is 122 Å². The summed E-state index contributed by atoms with van der Waals surface area (Å²) < 4.78 is 5.54. The summed E-state index contributed by atoms with van der Waals surface area (Å²) in [5.41, 5.74) is 0. The van der Waals surface area contributed by atoms with E-state index in [-0.39, 0.29) is 12.5 Å². The molecule has 0 saturated carbocycles. The molecule has 1 aromatic carbocycles. The van der Waals surface area contributed by atoms with Gasteiger partial charge in [-0.2, -0.15) is 0 Å². The smallest absolute Gasteiger partial charge is 0.308 e. The summed E-state index contributed by atoms with van der Waals surface area (Å²) in [5.74, 6) is -1.01. The van der Waals surface area contributed by atoms with Crippen LogP contribution in [0.4, 0.5) is 0 Å². The number of halogens is 1. The van der Waals surface area contributed by atoms with Gasteiger partial charge in [-0.1, -0.05) is 17.7 Å². The summed E-state index contributed by atoms with van der Waals surface area (Å²) in [5, 5.41) is 9.47. The van der Waals surface area contributed by atoms with Gasteiger partial charge < -0.3 is 14.7 Å². The molecule has 1 saturated heterocycles. The molecule has 0 unspecified atom stereocenters. The Morgan fingerprint density at radius 1 is 1.50 bits per heavy atom. The number of aliphatic carboxylic acids is 1. The lowest BCUT2D eigenvalue weighted by molar-refractivity contribution is -0.142. The van der Waals surface area contributed by atoms with Crippen molar-refractivity contribution in [2.75, 3.05) is 13.1 Å². The molecule has 2 rings (SSSR count). The van der Waals surface area contributed by atoms with Crippen LogP contribution in [0.1, 0.15) is 13.3 Å². The Bertz CT molecular complexity index is 520. The Hall–Kier alpha value is -1.75. The number of carboxylic acid groups (broad SMARTS) is 1. The minimum atomic E-state index is -0.858. The predicted molar refractivity (Wildman–Crippen MR) is 73.9 cm³/mol. The largest absolute Gasteiger partial charge is 0.481 e. The third-order valence-corrected chi connectivity index (χ3v) is 3.54. The average molecular weight is 298 g/mol. The van der Waals surface area contributed by atoms with Crippen molar-refractivity contribution in [2.45, 2.75) is 19.4 Å². The van der Waals surface area contributed by atoms with Gasteiger partial charge in [0.25, 0.3) is 5.91 Å². The zero-order chi connectivity index (χ0) is 14.7. The van der Waals surface area contributed by atoms with Crippen molar-refractivity contribution in [1.82, 2.24) is 4.90 Å². The quantitative estimate of drug-likeness (QED) is 0.923. The number of nitrogens with zero attached hydrogens (tertiary/aromatic N) is 1. The van der Waals surface area contributed by atoms with Crippen LogP contribution in [0.5, 0.6) is 5.75 Å². The maximum atomic E-state index is 12.2. The molecule has 1 aliphatic heterocycles. The maximum absolute atomic E-state index is 12.2. The van der Waals surface area contributed by atoms with Gasteiger partial charge in [0.05, 0.1) is 5.92 Å². The second-order valence-corrected chi connectivity index (χ2v) is 5.26. The van der Waals surface area contributed by atoms with Gasteiger partial charge >= 0.3 is 5.97 Å². The lowest BCUT2D eigenvalue weighted by atomic mass is 10.1. The van der Waals surface area contributed by atoms with Gasteiger partial charge in [-0.15, -0.1) is 0 Å². The first-order valence-corrected chi connectivity index (χ1v) is 6.79. The van der Waals surface area contributed by atoms with E-state index < -0.39 is 18.0 Å². The molecule has 0 radical (unpaired) electrons. The summed E-state index contributed by atoms with van der Waals surface area (Å²) in [4.78, 5) is 24.6. The van der Waals surface area contributed by atoms with Crippen molar-refractivity contribution in [3.8, 4) is 5.75 Å². The molecule has 1 N–H and O–H groups in total. The van der Waals surface area contributed by atoms with Crippen molar-refractivity contribution >= 4 is 23.5 Å². The molecule has 1 fully saturated rings. The van der Waals surface area contributed by atoms with Crippen molar-refractivity contribution < 1.29 is 19.4 Å². The van der Waals surface area contributed by atoms with Gasteiger partial charge in [0, 0.05) is 18.1 Å². The van der Waals surface area contributed by atoms with Crippen LogP contribution in [0.2, 0.25) is 5.02 Å². The number of ether oxygens (including phenoxy) is 1. The van der Waals surface area contributed by atoms with Crippen LogP contribution in [0, 0.1) is 5.92 Å². The zero-order valence-electron chi connectivity index (χ0n) is 11.1. The number of carbonyl (C=O) groups excluding carboxylic acids is 1. The molecule has 6 heteroatoms. The second-order valence-electron chi connectivity index (χ2n) is 4.83. The highest BCUT2D eigenvalue weighted by Crippen LogP contribution is 2.21. The van der Waals surface area contributed by atoms with Gasteiger partial charge in [-0.05, 0) is 31.5 Å². The molecule has 5 nitrogen and oxygen atoms in total. The SMILES string of the molecule is C[C@@H](Oc1cccc(Cl)c1)C(=O)N1CC[C@@H](C(=O)O)C1. The minimum absolute atomic E-state index is 0.200. The molecule has 0 aliphatic carbocycles. The Morgan fingerprint density at radius 2 is 2.25 bits per heavy atom. The lowest BCUT2D eigenvalue weighted by Crippen LogP contribution is -2.39. The van der Waals surface area contributed by atoms with E-state index in [0.29, 0.717) is 23.7 Å². The molecule has 0 bridgehead atoms. The van der Waals surface area contributed by atoms with Crippen LogP contribution in [-0.4, -0.2) is 41.1 Å². The number of carboxylic acids is 1. The van der Waals surface area contributed by atoms with E-state index in [9.17, 15) is 9.59 Å². The topological polar surface area (TPSA) is 66.8 Å². The zero-order valence-corrected chi connectivity index (χ0v) is 11.8. The standard InChI is InChI=1S/C14H16ClNO4/c1-9(20-12-4-2-3-11(15)7-12)13(17)16-6-5-10(8-16)14(18)19/h2-4,7,9-10H,5-6,8H2,1H3,(H,18,19)/t9-,10-/m1/s1. The fraction of sp³-hybridized carbons (Fsp3) is 0.429. The van der Waals surface area contributed by atoms with Crippen molar-refractivity contribution in [3.63, 3.8) is 0 Å². The second kappa shape index (κ2) is 6.13. The fourth-order valence-corrected chi connectivity index (χ4v) is 2.39. The third kappa shape index (κ3) is 3.42. The first-order chi connectivity index (χ1) is 9.47. The van der Waals surface area contributed by atoms with E-state index in [1.165, 1.54) is 4.90 Å². The fourth-order valence-electron chi connectivity index (χ4n) is 2.21. The number of likely N-dealkylation sites (tertiary alicyclic amines) is 1. The van der Waals surface area contributed by atoms with Gasteiger partial charge in [-0.25, -0.2) is 0 Å². The van der Waals surface area contributed by atoms with Crippen LogP contribution >= 0.6 is 11.6 Å². The summed E-state index contributed by atoms with van der Waals surface area (Å²) in [6.45, 7) is 2.35. The van der Waals surface area contributed by atoms with Crippen molar-refractivity contribution in [1.29, 1.82) is 0 Å². The Balaban J connectivity index is 1.94. The van der Waals surface area contributed by atoms with Crippen LogP contribution in [-0.2, 0) is 9.59 Å². The number of rotatable bonds is 4. The number of carbonyl (C=O) groups is 2. The summed E-state index contributed by atoms with van der Waals surface area (Å²) in [7, 11) is 0. The molecule has 0 spiro atoms. The van der Waals surface area contributed by atoms with Crippen molar-refractivity contribution in [3.05, 3.63) is 29.3 Å². The summed E-state index contributed by atoms with van der Waals surface area (Å²) in [6.07, 6.45) is -0.175. The van der Waals surface area contributed by atoms with Crippen LogP contribution in [0.25, 0.3) is 0 Å². The lowest BCUT2D eigenvalue weighted by Gasteiger charge is -2.21. The molecule has 20 heavy (non-hydrogen) atoms. The summed E-state index contributed by atoms with van der Waals surface area (Å²) in [6, 6.07) is 6.82. The average Bonchev–Trinajstić information content (AvgIpc) is 2.87. The highest BCUT2D eigenvalue weighted by Gasteiger charge is 2.33. The number of hydrogen-bond acceptors (Lipinski definition) is 3. The van der Waals surface area contributed by atoms with E-state index in [2.05, 4.69) is 0 Å². The number of hydrogen-bond donors (Lipinski definition) is 1. The number of amides is 1. The minimum Gasteiger partial charge on any atom is -0.481 e. The Morgan fingerprint density at radius 3 is 2.85 bits per heavy atom. The molecule has 2 atom stereocenters. The van der Waals surface area contributed by atoms with E-state index in [1.54, 1.807) is 31.2 Å². The van der Waals surface area contributed by atoms with E-state index in [1.807, 2.05) is 0 Å². The van der Waals surface area contributed by atoms with Gasteiger partial charge in [0.2, 0.25) is 0 Å². The highest BCUT2D eigenvalue weighted by molar-refractivity contribution is 6.30. The molecule has 108 valence electrons. The molecular formula is C14H16ClNO4. The van der Waals surface area contributed by atoms with E-state index in [4.69, 9.17) is 21.4 Å². The highest BCUT2D eigenvalue weighted by atomic mass is 35.5. The normalized spacial score (nSPS) is 19.7. The molecule has 1 heterocycles.